The summed E-state index contributed by atoms with van der Waals surface area (Å²) in [5, 5.41) is 3.01. The third kappa shape index (κ3) is 5.57. The van der Waals surface area contributed by atoms with Crippen LogP contribution in [0.25, 0.3) is 0 Å². The van der Waals surface area contributed by atoms with Gasteiger partial charge in [0.2, 0.25) is 0 Å². The van der Waals surface area contributed by atoms with E-state index in [1.807, 2.05) is 61.5 Å². The zero-order chi connectivity index (χ0) is 14.9. The fourth-order valence-electron chi connectivity index (χ4n) is 1.73. The van der Waals surface area contributed by atoms with Crippen LogP contribution in [0.5, 0.6) is 5.75 Å². The maximum atomic E-state index is 11.6. The summed E-state index contributed by atoms with van der Waals surface area (Å²) >= 11 is 0. The number of benzene rings is 2. The largest absolute Gasteiger partial charge is 0.490 e. The molecule has 0 saturated carbocycles. The molecule has 0 aliphatic carbocycles. The number of hydrogen-bond acceptors (Lipinski definition) is 4. The SMILES string of the molecule is Cc1ccc(NCC(=O)OCCOc2ccccc2)cc1. The number of ether oxygens (including phenoxy) is 2. The van der Waals surface area contributed by atoms with Gasteiger partial charge in [-0.3, -0.25) is 4.79 Å². The predicted molar refractivity (Wildman–Crippen MR) is 82.6 cm³/mol. The van der Waals surface area contributed by atoms with Crippen molar-refractivity contribution in [3.8, 4) is 5.75 Å². The van der Waals surface area contributed by atoms with Crippen LogP contribution in [0, 0.1) is 6.92 Å². The highest BCUT2D eigenvalue weighted by molar-refractivity contribution is 5.74. The Morgan fingerprint density at radius 1 is 1.00 bits per heavy atom. The van der Waals surface area contributed by atoms with Crippen molar-refractivity contribution in [3.05, 3.63) is 60.2 Å². The summed E-state index contributed by atoms with van der Waals surface area (Å²) in [5.74, 6) is 0.471. The molecule has 0 aliphatic heterocycles. The van der Waals surface area contributed by atoms with E-state index in [4.69, 9.17) is 9.47 Å². The van der Waals surface area contributed by atoms with Gasteiger partial charge < -0.3 is 14.8 Å². The zero-order valence-electron chi connectivity index (χ0n) is 12.0. The number of carbonyl (C=O) groups is 1. The van der Waals surface area contributed by atoms with Gasteiger partial charge in [-0.05, 0) is 31.2 Å². The molecule has 1 N–H and O–H groups in total. The highest BCUT2D eigenvalue weighted by Gasteiger charge is 2.02. The Balaban J connectivity index is 1.60. The molecule has 0 aromatic heterocycles. The van der Waals surface area contributed by atoms with E-state index in [1.165, 1.54) is 5.56 Å². The van der Waals surface area contributed by atoms with E-state index >= 15 is 0 Å². The second-order valence-corrected chi connectivity index (χ2v) is 4.60. The molecule has 0 spiro atoms. The average molecular weight is 285 g/mol. The number of aryl methyl sites for hydroxylation is 1. The molecule has 2 rings (SSSR count). The third-order valence-electron chi connectivity index (χ3n) is 2.85. The first-order chi connectivity index (χ1) is 10.2. The minimum atomic E-state index is -0.299. The Morgan fingerprint density at radius 3 is 2.43 bits per heavy atom. The van der Waals surface area contributed by atoms with Gasteiger partial charge in [0.15, 0.2) is 0 Å². The van der Waals surface area contributed by atoms with Gasteiger partial charge in [0, 0.05) is 5.69 Å². The number of esters is 1. The summed E-state index contributed by atoms with van der Waals surface area (Å²) in [6, 6.07) is 17.3. The number of carbonyl (C=O) groups excluding carboxylic acids is 1. The van der Waals surface area contributed by atoms with E-state index in [1.54, 1.807) is 0 Å². The molecule has 0 fully saturated rings. The van der Waals surface area contributed by atoms with Gasteiger partial charge in [-0.1, -0.05) is 35.9 Å². The molecule has 0 saturated heterocycles. The molecule has 110 valence electrons. The molecule has 4 nitrogen and oxygen atoms in total. The molecular formula is C17H19NO3. The molecule has 2 aromatic carbocycles. The molecule has 0 aliphatic rings. The summed E-state index contributed by atoms with van der Waals surface area (Å²) in [6.07, 6.45) is 0. The van der Waals surface area contributed by atoms with Crippen LogP contribution in [0.2, 0.25) is 0 Å². The van der Waals surface area contributed by atoms with Crippen LogP contribution in [0.3, 0.4) is 0 Å². The summed E-state index contributed by atoms with van der Waals surface area (Å²) in [5.41, 5.74) is 2.08. The van der Waals surface area contributed by atoms with E-state index in [2.05, 4.69) is 5.32 Å². The summed E-state index contributed by atoms with van der Waals surface area (Å²) in [4.78, 5) is 11.6. The highest BCUT2D eigenvalue weighted by Crippen LogP contribution is 2.08. The molecular weight excluding hydrogens is 266 g/mol. The van der Waals surface area contributed by atoms with Crippen LogP contribution in [0.4, 0.5) is 5.69 Å². The smallest absolute Gasteiger partial charge is 0.325 e. The first-order valence-corrected chi connectivity index (χ1v) is 6.88. The predicted octanol–water partition coefficient (Wildman–Crippen LogP) is 3.03. The van der Waals surface area contributed by atoms with Crippen LogP contribution in [-0.2, 0) is 9.53 Å². The van der Waals surface area contributed by atoms with E-state index in [9.17, 15) is 4.79 Å². The molecule has 21 heavy (non-hydrogen) atoms. The molecule has 0 amide bonds. The zero-order valence-corrected chi connectivity index (χ0v) is 12.0. The van der Waals surface area contributed by atoms with Gasteiger partial charge in [-0.25, -0.2) is 0 Å². The Kier molecular flexibility index (Phi) is 5.64. The quantitative estimate of drug-likeness (QED) is 0.627. The number of hydrogen-bond donors (Lipinski definition) is 1. The molecule has 2 aromatic rings. The fourth-order valence-corrected chi connectivity index (χ4v) is 1.73. The number of nitrogens with one attached hydrogen (secondary N) is 1. The number of para-hydroxylation sites is 1. The minimum absolute atomic E-state index is 0.147. The molecule has 0 atom stereocenters. The Bertz CT molecular complexity index is 552. The lowest BCUT2D eigenvalue weighted by atomic mass is 10.2. The lowest BCUT2D eigenvalue weighted by molar-refractivity contribution is -0.142. The molecule has 0 unspecified atom stereocenters. The molecule has 0 bridgehead atoms. The van der Waals surface area contributed by atoms with Crippen molar-refractivity contribution in [2.24, 2.45) is 0 Å². The van der Waals surface area contributed by atoms with Crippen molar-refractivity contribution >= 4 is 11.7 Å². The van der Waals surface area contributed by atoms with E-state index in [-0.39, 0.29) is 19.1 Å². The van der Waals surface area contributed by atoms with Crippen molar-refractivity contribution in [2.45, 2.75) is 6.92 Å². The van der Waals surface area contributed by atoms with Gasteiger partial charge in [0.25, 0.3) is 0 Å². The van der Waals surface area contributed by atoms with Crippen molar-refractivity contribution in [1.82, 2.24) is 0 Å². The average Bonchev–Trinajstić information content (AvgIpc) is 2.52. The van der Waals surface area contributed by atoms with Crippen LogP contribution < -0.4 is 10.1 Å². The van der Waals surface area contributed by atoms with Crippen LogP contribution in [0.1, 0.15) is 5.56 Å². The minimum Gasteiger partial charge on any atom is -0.490 e. The topological polar surface area (TPSA) is 47.6 Å². The van der Waals surface area contributed by atoms with Gasteiger partial charge >= 0.3 is 5.97 Å². The van der Waals surface area contributed by atoms with E-state index in [0.29, 0.717) is 6.61 Å². The Hall–Kier alpha value is -2.49. The van der Waals surface area contributed by atoms with Gasteiger partial charge in [-0.15, -0.1) is 0 Å². The fraction of sp³-hybridized carbons (Fsp3) is 0.235. The lowest BCUT2D eigenvalue weighted by Crippen LogP contribution is -2.19. The first kappa shape index (κ1) is 14.9. The van der Waals surface area contributed by atoms with Gasteiger partial charge in [0.1, 0.15) is 25.5 Å². The maximum absolute atomic E-state index is 11.6. The van der Waals surface area contributed by atoms with Gasteiger partial charge in [0.05, 0.1) is 0 Å². The standard InChI is InChI=1S/C17H19NO3/c1-14-7-9-15(10-8-14)18-13-17(19)21-12-11-20-16-5-3-2-4-6-16/h2-10,18H,11-13H2,1H3. The molecule has 4 heteroatoms. The van der Waals surface area contributed by atoms with Crippen molar-refractivity contribution < 1.29 is 14.3 Å². The second kappa shape index (κ2) is 7.94. The Labute approximate surface area is 124 Å². The van der Waals surface area contributed by atoms with Crippen LogP contribution in [-0.4, -0.2) is 25.7 Å². The summed E-state index contributed by atoms with van der Waals surface area (Å²) in [7, 11) is 0. The van der Waals surface area contributed by atoms with Gasteiger partial charge in [-0.2, -0.15) is 0 Å². The van der Waals surface area contributed by atoms with Crippen LogP contribution >= 0.6 is 0 Å². The normalized spacial score (nSPS) is 9.95. The maximum Gasteiger partial charge on any atom is 0.325 e. The monoisotopic (exact) mass is 285 g/mol. The van der Waals surface area contributed by atoms with Crippen LogP contribution in [0.15, 0.2) is 54.6 Å². The second-order valence-electron chi connectivity index (χ2n) is 4.60. The summed E-state index contributed by atoms with van der Waals surface area (Å²) in [6.45, 7) is 2.75. The van der Waals surface area contributed by atoms with E-state index < -0.39 is 0 Å². The van der Waals surface area contributed by atoms with Crippen molar-refractivity contribution in [3.63, 3.8) is 0 Å². The lowest BCUT2D eigenvalue weighted by Gasteiger charge is -2.08. The summed E-state index contributed by atoms with van der Waals surface area (Å²) < 4.78 is 10.5. The van der Waals surface area contributed by atoms with E-state index in [0.717, 1.165) is 11.4 Å². The third-order valence-corrected chi connectivity index (χ3v) is 2.85. The van der Waals surface area contributed by atoms with Crippen molar-refractivity contribution in [1.29, 1.82) is 0 Å². The molecule has 0 heterocycles. The molecule has 0 radical (unpaired) electrons. The first-order valence-electron chi connectivity index (χ1n) is 6.88. The number of rotatable bonds is 7. The Morgan fingerprint density at radius 2 is 1.71 bits per heavy atom. The number of anilines is 1. The van der Waals surface area contributed by atoms with Crippen molar-refractivity contribution in [2.75, 3.05) is 25.1 Å². The highest BCUT2D eigenvalue weighted by atomic mass is 16.6.